The summed E-state index contributed by atoms with van der Waals surface area (Å²) in [5.74, 6) is -2.26. The number of nitrogens with two attached hydrogens (primary N) is 1. The van der Waals surface area contributed by atoms with Crippen LogP contribution in [0.25, 0.3) is 0 Å². The van der Waals surface area contributed by atoms with Crippen LogP contribution >= 0.6 is 0 Å². The molecule has 4 N–H and O–H groups in total. The number of anilines is 1. The number of pyridine rings is 1. The van der Waals surface area contributed by atoms with Crippen LogP contribution in [0.2, 0.25) is 0 Å². The number of carbonyl (C=O) groups excluding carboxylic acids is 5. The third kappa shape index (κ3) is 6.11. The van der Waals surface area contributed by atoms with E-state index in [1.807, 2.05) is 6.07 Å². The number of aromatic nitrogens is 1. The Kier molecular flexibility index (Phi) is 8.78. The molecule has 42 heavy (non-hydrogen) atoms. The van der Waals surface area contributed by atoms with Gasteiger partial charge in [-0.3, -0.25) is 39.1 Å². The Morgan fingerprint density at radius 1 is 1.05 bits per heavy atom. The standard InChI is InChI=1S/C29H34N6O7/c30-26(38)23-7-4-18(15-31-23)34-12-11-33(19(16-34)17-36)10-2-1-3-13-42-20-5-6-21-22(14-20)29(41)35(28(21)40)24-8-9-25(37)32-27(24)39/h4-7,14-15,19,24,36H,1-3,8-13,16-17H2,(H2,30,38)(H,32,37,39)/t19-,24?/m0/s1. The van der Waals surface area contributed by atoms with Crippen molar-refractivity contribution in [3.8, 4) is 5.75 Å². The van der Waals surface area contributed by atoms with Gasteiger partial charge in [0.15, 0.2) is 0 Å². The number of fused-ring (bicyclic) bond motifs is 1. The van der Waals surface area contributed by atoms with Crippen LogP contribution in [-0.4, -0.2) is 101 Å². The minimum Gasteiger partial charge on any atom is -0.494 e. The minimum absolute atomic E-state index is 0.0165. The van der Waals surface area contributed by atoms with Crippen molar-refractivity contribution in [1.82, 2.24) is 20.1 Å². The molecule has 2 atom stereocenters. The summed E-state index contributed by atoms with van der Waals surface area (Å²) in [5, 5.41) is 12.2. The summed E-state index contributed by atoms with van der Waals surface area (Å²) in [6.07, 6.45) is 4.43. The molecule has 1 unspecified atom stereocenters. The van der Waals surface area contributed by atoms with E-state index in [-0.39, 0.29) is 42.3 Å². The van der Waals surface area contributed by atoms with Crippen LogP contribution in [0.1, 0.15) is 63.3 Å². The molecule has 5 rings (SSSR count). The zero-order chi connectivity index (χ0) is 29.8. The lowest BCUT2D eigenvalue weighted by Crippen LogP contribution is -2.55. The quantitative estimate of drug-likeness (QED) is 0.249. The zero-order valence-corrected chi connectivity index (χ0v) is 23.2. The lowest BCUT2D eigenvalue weighted by atomic mass is 10.0. The number of aliphatic hydroxyl groups is 1. The third-order valence-corrected chi connectivity index (χ3v) is 7.95. The van der Waals surface area contributed by atoms with E-state index < -0.39 is 35.6 Å². The van der Waals surface area contributed by atoms with Gasteiger partial charge in [0, 0.05) is 26.1 Å². The van der Waals surface area contributed by atoms with Gasteiger partial charge in [0.1, 0.15) is 17.5 Å². The summed E-state index contributed by atoms with van der Waals surface area (Å²) in [7, 11) is 0. The number of hydrogen-bond donors (Lipinski definition) is 3. The second kappa shape index (κ2) is 12.7. The van der Waals surface area contributed by atoms with Crippen molar-refractivity contribution in [3.63, 3.8) is 0 Å². The van der Waals surface area contributed by atoms with Gasteiger partial charge in [0.2, 0.25) is 11.8 Å². The highest BCUT2D eigenvalue weighted by atomic mass is 16.5. The van der Waals surface area contributed by atoms with Crippen LogP contribution in [0.15, 0.2) is 36.5 Å². The molecular weight excluding hydrogens is 544 g/mol. The number of nitrogens with zero attached hydrogens (tertiary/aromatic N) is 4. The Morgan fingerprint density at radius 3 is 2.57 bits per heavy atom. The van der Waals surface area contributed by atoms with E-state index >= 15 is 0 Å². The highest BCUT2D eigenvalue weighted by Crippen LogP contribution is 2.30. The van der Waals surface area contributed by atoms with E-state index in [9.17, 15) is 29.1 Å². The molecule has 4 heterocycles. The average Bonchev–Trinajstić information content (AvgIpc) is 3.23. The number of hydrogen-bond acceptors (Lipinski definition) is 10. The molecule has 0 aliphatic carbocycles. The van der Waals surface area contributed by atoms with Crippen molar-refractivity contribution in [2.75, 3.05) is 44.3 Å². The molecule has 0 spiro atoms. The summed E-state index contributed by atoms with van der Waals surface area (Å²) in [4.78, 5) is 70.2. The fraction of sp³-hybridized carbons (Fsp3) is 0.448. The molecule has 2 aromatic rings. The molecule has 0 saturated carbocycles. The number of piperazine rings is 1. The van der Waals surface area contributed by atoms with Crippen LogP contribution in [0.4, 0.5) is 5.69 Å². The molecule has 0 bridgehead atoms. The SMILES string of the molecule is NC(=O)c1ccc(N2CCN(CCCCCOc3ccc4c(c3)C(=O)N(C3CCC(=O)NC3=O)C4=O)[C@H](CO)C2)cn1. The molecule has 13 nitrogen and oxygen atoms in total. The van der Waals surface area contributed by atoms with E-state index in [1.165, 1.54) is 12.1 Å². The topological polar surface area (TPSA) is 175 Å². The summed E-state index contributed by atoms with van der Waals surface area (Å²) >= 11 is 0. The van der Waals surface area contributed by atoms with E-state index in [4.69, 9.17) is 10.5 Å². The average molecular weight is 579 g/mol. The van der Waals surface area contributed by atoms with Crippen molar-refractivity contribution < 1.29 is 33.8 Å². The fourth-order valence-electron chi connectivity index (χ4n) is 5.64. The normalized spacial score (nSPS) is 21.0. The predicted octanol–water partition coefficient (Wildman–Crippen LogP) is 0.314. The van der Waals surface area contributed by atoms with E-state index in [0.29, 0.717) is 18.9 Å². The van der Waals surface area contributed by atoms with Gasteiger partial charge in [0.25, 0.3) is 17.7 Å². The monoisotopic (exact) mass is 578 g/mol. The Morgan fingerprint density at radius 2 is 1.86 bits per heavy atom. The van der Waals surface area contributed by atoms with Gasteiger partial charge < -0.3 is 20.5 Å². The first kappa shape index (κ1) is 29.1. The number of ether oxygens (including phenoxy) is 1. The molecule has 13 heteroatoms. The molecule has 3 aliphatic rings. The van der Waals surface area contributed by atoms with Crippen LogP contribution in [-0.2, 0) is 9.59 Å². The fourth-order valence-corrected chi connectivity index (χ4v) is 5.64. The Hall–Kier alpha value is -4.36. The molecule has 2 fully saturated rings. The number of imide groups is 2. The largest absolute Gasteiger partial charge is 0.494 e. The Balaban J connectivity index is 1.05. The lowest BCUT2D eigenvalue weighted by molar-refractivity contribution is -0.136. The first-order chi connectivity index (χ1) is 20.3. The van der Waals surface area contributed by atoms with Crippen molar-refractivity contribution in [2.24, 2.45) is 5.73 Å². The molecule has 5 amide bonds. The maximum atomic E-state index is 13.0. The third-order valence-electron chi connectivity index (χ3n) is 7.95. The Bertz CT molecular complexity index is 1380. The van der Waals surface area contributed by atoms with Gasteiger partial charge in [-0.15, -0.1) is 0 Å². The van der Waals surface area contributed by atoms with Crippen molar-refractivity contribution in [3.05, 3.63) is 53.3 Å². The van der Waals surface area contributed by atoms with Gasteiger partial charge in [-0.25, -0.2) is 4.98 Å². The van der Waals surface area contributed by atoms with Crippen LogP contribution in [0.3, 0.4) is 0 Å². The van der Waals surface area contributed by atoms with E-state index in [1.54, 1.807) is 18.3 Å². The van der Waals surface area contributed by atoms with Gasteiger partial charge in [-0.05, 0) is 62.6 Å². The Labute approximate surface area is 242 Å². The van der Waals surface area contributed by atoms with Crippen molar-refractivity contribution in [2.45, 2.75) is 44.2 Å². The smallest absolute Gasteiger partial charge is 0.267 e. The first-order valence-electron chi connectivity index (χ1n) is 14.1. The maximum absolute atomic E-state index is 13.0. The van der Waals surface area contributed by atoms with Gasteiger partial charge in [-0.2, -0.15) is 0 Å². The van der Waals surface area contributed by atoms with Crippen LogP contribution < -0.4 is 20.7 Å². The number of primary amides is 1. The number of piperidine rings is 1. The number of benzene rings is 1. The van der Waals surface area contributed by atoms with Crippen LogP contribution in [0, 0.1) is 0 Å². The van der Waals surface area contributed by atoms with Crippen molar-refractivity contribution in [1.29, 1.82) is 0 Å². The van der Waals surface area contributed by atoms with Crippen molar-refractivity contribution >= 4 is 35.2 Å². The highest BCUT2D eigenvalue weighted by molar-refractivity contribution is 6.23. The number of nitrogens with one attached hydrogen (secondary N) is 1. The number of amides is 5. The summed E-state index contributed by atoms with van der Waals surface area (Å²) in [6, 6.07) is 7.12. The van der Waals surface area contributed by atoms with Crippen LogP contribution in [0.5, 0.6) is 5.75 Å². The predicted molar refractivity (Wildman–Crippen MR) is 150 cm³/mol. The van der Waals surface area contributed by atoms with Gasteiger partial charge in [0.05, 0.1) is 42.3 Å². The summed E-state index contributed by atoms with van der Waals surface area (Å²) in [6.45, 7) is 3.52. The molecule has 0 radical (unpaired) electrons. The summed E-state index contributed by atoms with van der Waals surface area (Å²) < 4.78 is 5.85. The summed E-state index contributed by atoms with van der Waals surface area (Å²) in [5.41, 5.74) is 6.78. The number of carbonyl (C=O) groups is 5. The number of unbranched alkanes of at least 4 members (excludes halogenated alkanes) is 2. The minimum atomic E-state index is -1.00. The highest BCUT2D eigenvalue weighted by Gasteiger charge is 2.44. The maximum Gasteiger partial charge on any atom is 0.267 e. The molecule has 3 aliphatic heterocycles. The lowest BCUT2D eigenvalue weighted by Gasteiger charge is -2.41. The number of rotatable bonds is 11. The zero-order valence-electron chi connectivity index (χ0n) is 23.2. The number of aliphatic hydroxyl groups excluding tert-OH is 1. The van der Waals surface area contributed by atoms with Gasteiger partial charge in [-0.1, -0.05) is 0 Å². The van der Waals surface area contributed by atoms with Gasteiger partial charge >= 0.3 is 0 Å². The molecule has 2 saturated heterocycles. The molecule has 1 aromatic heterocycles. The first-order valence-corrected chi connectivity index (χ1v) is 14.1. The van der Waals surface area contributed by atoms with E-state index in [0.717, 1.165) is 49.5 Å². The second-order valence-electron chi connectivity index (χ2n) is 10.6. The second-order valence-corrected chi connectivity index (χ2v) is 10.6. The molecule has 222 valence electrons. The van der Waals surface area contributed by atoms with E-state index in [2.05, 4.69) is 20.1 Å². The molecular formula is C29H34N6O7. The molecule has 1 aromatic carbocycles.